The second-order valence-electron chi connectivity index (χ2n) is 6.51. The smallest absolute Gasteiger partial charge is 0.312 e. The minimum Gasteiger partial charge on any atom is -0.466 e. The molecule has 0 aromatic carbocycles. The summed E-state index contributed by atoms with van der Waals surface area (Å²) >= 11 is 0. The van der Waals surface area contributed by atoms with Gasteiger partial charge in [-0.05, 0) is 19.8 Å². The number of carbonyl (C=O) groups is 2. The predicted molar refractivity (Wildman–Crippen MR) is 75.9 cm³/mol. The molecule has 0 aliphatic carbocycles. The molecule has 0 aromatic rings. The van der Waals surface area contributed by atoms with E-state index in [1.165, 1.54) is 0 Å². The maximum atomic E-state index is 12.8. The van der Waals surface area contributed by atoms with Gasteiger partial charge in [-0.3, -0.25) is 9.59 Å². The summed E-state index contributed by atoms with van der Waals surface area (Å²) in [6.07, 6.45) is 5.69. The van der Waals surface area contributed by atoms with Gasteiger partial charge in [0.25, 0.3) is 0 Å². The molecule has 6 nitrogen and oxygen atoms in total. The van der Waals surface area contributed by atoms with Crippen LogP contribution in [0.5, 0.6) is 0 Å². The number of hydrogen-bond acceptors (Lipinski definition) is 5. The van der Waals surface area contributed by atoms with Crippen molar-refractivity contribution >= 4 is 11.9 Å². The Morgan fingerprint density at radius 3 is 3.14 bits per heavy atom. The van der Waals surface area contributed by atoms with E-state index < -0.39 is 17.4 Å². The number of esters is 1. The van der Waals surface area contributed by atoms with Gasteiger partial charge in [0.05, 0.1) is 31.3 Å². The summed E-state index contributed by atoms with van der Waals surface area (Å²) in [6, 6.07) is 0. The molecule has 0 radical (unpaired) electrons. The molecule has 0 N–H and O–H groups in total. The van der Waals surface area contributed by atoms with E-state index in [0.717, 1.165) is 19.4 Å². The van der Waals surface area contributed by atoms with E-state index in [9.17, 15) is 9.59 Å². The van der Waals surface area contributed by atoms with Crippen LogP contribution >= 0.6 is 0 Å². The van der Waals surface area contributed by atoms with Crippen molar-refractivity contribution in [3.05, 3.63) is 12.2 Å². The van der Waals surface area contributed by atoms with Crippen LogP contribution in [-0.4, -0.2) is 60.9 Å². The minimum atomic E-state index is -0.641. The van der Waals surface area contributed by atoms with Gasteiger partial charge in [-0.2, -0.15) is 0 Å². The zero-order valence-electron chi connectivity index (χ0n) is 12.7. The number of rotatable bonds is 4. The number of nitrogens with zero attached hydrogens (tertiary/aromatic N) is 1. The fourth-order valence-electron chi connectivity index (χ4n) is 4.27. The second-order valence-corrected chi connectivity index (χ2v) is 6.51. The molecule has 6 heteroatoms. The largest absolute Gasteiger partial charge is 0.466 e. The van der Waals surface area contributed by atoms with Crippen molar-refractivity contribution < 1.29 is 23.8 Å². The van der Waals surface area contributed by atoms with Crippen molar-refractivity contribution in [3.63, 3.8) is 0 Å². The maximum Gasteiger partial charge on any atom is 0.312 e. The van der Waals surface area contributed by atoms with Crippen molar-refractivity contribution in [1.29, 1.82) is 0 Å². The fourth-order valence-corrected chi connectivity index (χ4v) is 4.27. The number of ether oxygens (including phenoxy) is 3. The number of fused-ring (bicyclic) bond motifs is 1. The fraction of sp³-hybridized carbons (Fsp3) is 0.750. The van der Waals surface area contributed by atoms with Crippen LogP contribution in [0.4, 0.5) is 0 Å². The molecule has 4 aliphatic heterocycles. The molecular weight excluding hydrogens is 286 g/mol. The van der Waals surface area contributed by atoms with Crippen LogP contribution in [0.15, 0.2) is 12.2 Å². The minimum absolute atomic E-state index is 0.000373. The van der Waals surface area contributed by atoms with Gasteiger partial charge >= 0.3 is 5.97 Å². The van der Waals surface area contributed by atoms with Crippen LogP contribution in [0.2, 0.25) is 0 Å². The summed E-state index contributed by atoms with van der Waals surface area (Å²) in [7, 11) is 0. The standard InChI is InChI=1S/C16H21NO5/c1-2-20-15(19)12-11-5-6-16(22-11)9-17(14(18)13(12)16)8-10-4-3-7-21-10/h5-6,10-13H,2-4,7-9H2,1H3/t10-,11-,12+,13+,16-/m0/s1. The summed E-state index contributed by atoms with van der Waals surface area (Å²) in [5, 5.41) is 0. The zero-order chi connectivity index (χ0) is 15.3. The van der Waals surface area contributed by atoms with Crippen molar-refractivity contribution in [2.24, 2.45) is 11.8 Å². The molecule has 0 aromatic heterocycles. The van der Waals surface area contributed by atoms with Gasteiger partial charge in [-0.25, -0.2) is 0 Å². The highest BCUT2D eigenvalue weighted by Crippen LogP contribution is 2.52. The number of hydrogen-bond donors (Lipinski definition) is 0. The summed E-state index contributed by atoms with van der Waals surface area (Å²) < 4.78 is 16.8. The molecule has 22 heavy (non-hydrogen) atoms. The summed E-state index contributed by atoms with van der Waals surface area (Å²) in [4.78, 5) is 26.9. The first-order valence-electron chi connectivity index (χ1n) is 8.09. The van der Waals surface area contributed by atoms with Crippen LogP contribution in [0.3, 0.4) is 0 Å². The van der Waals surface area contributed by atoms with Crippen molar-refractivity contribution in [2.45, 2.75) is 37.6 Å². The molecule has 3 fully saturated rings. The Morgan fingerprint density at radius 2 is 2.41 bits per heavy atom. The lowest BCUT2D eigenvalue weighted by molar-refractivity contribution is -0.153. The van der Waals surface area contributed by atoms with Gasteiger partial charge in [0.15, 0.2) is 0 Å². The van der Waals surface area contributed by atoms with Crippen LogP contribution in [0, 0.1) is 11.8 Å². The third kappa shape index (κ3) is 1.93. The van der Waals surface area contributed by atoms with E-state index in [4.69, 9.17) is 14.2 Å². The second kappa shape index (κ2) is 5.06. The van der Waals surface area contributed by atoms with Crippen LogP contribution in [-0.2, 0) is 23.8 Å². The lowest BCUT2D eigenvalue weighted by Gasteiger charge is -2.23. The number of carbonyl (C=O) groups excluding carboxylic acids is 2. The SMILES string of the molecule is CCOC(=O)[C@@H]1[C@@H]2C=C[C@@]3(CN(C[C@@H]4CCCO4)C(=O)[C@@H]13)O2. The molecule has 0 unspecified atom stereocenters. The normalized spacial score (nSPS) is 42.2. The molecule has 0 saturated carbocycles. The van der Waals surface area contributed by atoms with E-state index in [2.05, 4.69) is 0 Å². The Hall–Kier alpha value is -1.40. The monoisotopic (exact) mass is 307 g/mol. The average Bonchev–Trinajstić information content (AvgIpc) is 3.23. The van der Waals surface area contributed by atoms with Crippen LogP contribution in [0.1, 0.15) is 19.8 Å². The molecule has 4 rings (SSSR count). The first-order chi connectivity index (χ1) is 10.6. The molecule has 120 valence electrons. The molecular formula is C16H21NO5. The maximum absolute atomic E-state index is 12.8. The number of amides is 1. The molecule has 1 spiro atoms. The molecule has 5 atom stereocenters. The highest BCUT2D eigenvalue weighted by atomic mass is 16.6. The van der Waals surface area contributed by atoms with Gasteiger partial charge < -0.3 is 19.1 Å². The molecule has 1 amide bonds. The lowest BCUT2D eigenvalue weighted by atomic mass is 9.77. The van der Waals surface area contributed by atoms with Gasteiger partial charge in [0.2, 0.25) is 5.91 Å². The third-order valence-electron chi connectivity index (χ3n) is 5.19. The Kier molecular flexibility index (Phi) is 3.27. The van der Waals surface area contributed by atoms with E-state index >= 15 is 0 Å². The molecule has 4 heterocycles. The predicted octanol–water partition coefficient (Wildman–Crippen LogP) is 0.510. The number of likely N-dealkylation sites (tertiary alicyclic amines) is 1. The van der Waals surface area contributed by atoms with Crippen LogP contribution in [0.25, 0.3) is 0 Å². The van der Waals surface area contributed by atoms with Gasteiger partial charge in [-0.1, -0.05) is 12.2 Å². The van der Waals surface area contributed by atoms with Gasteiger partial charge in [-0.15, -0.1) is 0 Å². The quantitative estimate of drug-likeness (QED) is 0.559. The Morgan fingerprint density at radius 1 is 1.55 bits per heavy atom. The van der Waals surface area contributed by atoms with E-state index in [-0.39, 0.29) is 24.1 Å². The van der Waals surface area contributed by atoms with Crippen molar-refractivity contribution in [1.82, 2.24) is 4.90 Å². The molecule has 2 bridgehead atoms. The Bertz CT molecular complexity index is 527. The zero-order valence-corrected chi connectivity index (χ0v) is 12.7. The first kappa shape index (κ1) is 14.2. The summed E-state index contributed by atoms with van der Waals surface area (Å²) in [6.45, 7) is 3.97. The van der Waals surface area contributed by atoms with Crippen LogP contribution < -0.4 is 0 Å². The molecule has 3 saturated heterocycles. The molecule has 4 aliphatic rings. The average molecular weight is 307 g/mol. The van der Waals surface area contributed by atoms with E-state index in [1.807, 2.05) is 12.2 Å². The lowest BCUT2D eigenvalue weighted by Crippen LogP contribution is -2.40. The van der Waals surface area contributed by atoms with Crippen molar-refractivity contribution in [2.75, 3.05) is 26.3 Å². The van der Waals surface area contributed by atoms with Gasteiger partial charge in [0, 0.05) is 13.2 Å². The highest BCUT2D eigenvalue weighted by Gasteiger charge is 2.67. The first-order valence-corrected chi connectivity index (χ1v) is 8.09. The van der Waals surface area contributed by atoms with Crippen molar-refractivity contribution in [3.8, 4) is 0 Å². The highest BCUT2D eigenvalue weighted by molar-refractivity contribution is 5.91. The van der Waals surface area contributed by atoms with Gasteiger partial charge in [0.1, 0.15) is 11.5 Å². The van der Waals surface area contributed by atoms with E-state index in [1.54, 1.807) is 11.8 Å². The Balaban J connectivity index is 1.55. The summed E-state index contributed by atoms with van der Waals surface area (Å²) in [5.41, 5.74) is -0.641. The third-order valence-corrected chi connectivity index (χ3v) is 5.19. The topological polar surface area (TPSA) is 65.1 Å². The van der Waals surface area contributed by atoms with E-state index in [0.29, 0.717) is 19.7 Å². The summed E-state index contributed by atoms with van der Waals surface area (Å²) in [5.74, 6) is -1.27. The Labute approximate surface area is 129 Å².